The van der Waals surface area contributed by atoms with Gasteiger partial charge in [-0.1, -0.05) is 23.2 Å². The van der Waals surface area contributed by atoms with Crippen molar-refractivity contribution in [2.75, 3.05) is 0 Å². The van der Waals surface area contributed by atoms with Crippen molar-refractivity contribution in [1.29, 1.82) is 0 Å². The van der Waals surface area contributed by atoms with Crippen LogP contribution < -0.4 is 0 Å². The summed E-state index contributed by atoms with van der Waals surface area (Å²) < 4.78 is 0. The van der Waals surface area contributed by atoms with E-state index in [-0.39, 0.29) is 0 Å². The highest BCUT2D eigenvalue weighted by molar-refractivity contribution is 6.35. The lowest BCUT2D eigenvalue weighted by atomic mass is 10.2. The van der Waals surface area contributed by atoms with Gasteiger partial charge in [0.1, 0.15) is 0 Å². The molecule has 0 spiro atoms. The summed E-state index contributed by atoms with van der Waals surface area (Å²) >= 11 is 16.6. The molecule has 11 heavy (non-hydrogen) atoms. The van der Waals surface area contributed by atoms with Crippen LogP contribution in [-0.2, 0) is 0 Å². The van der Waals surface area contributed by atoms with Crippen LogP contribution in [0.3, 0.4) is 0 Å². The van der Waals surface area contributed by atoms with Crippen LogP contribution in [0.15, 0.2) is 18.2 Å². The van der Waals surface area contributed by atoms with E-state index in [9.17, 15) is 0 Å². The first-order chi connectivity index (χ1) is 5.24. The van der Waals surface area contributed by atoms with Crippen LogP contribution in [0.5, 0.6) is 0 Å². The minimum atomic E-state index is 0.519. The van der Waals surface area contributed by atoms with E-state index < -0.39 is 0 Å². The molecule has 0 heterocycles. The Labute approximate surface area is 80.1 Å². The van der Waals surface area contributed by atoms with Gasteiger partial charge in [0.15, 0.2) is 0 Å². The Hall–Kier alpha value is -0.350. The Kier molecular flexibility index (Phi) is 3.08. The quantitative estimate of drug-likeness (QED) is 0.568. The summed E-state index contributed by atoms with van der Waals surface area (Å²) in [6.07, 6.45) is 0. The summed E-state index contributed by atoms with van der Waals surface area (Å²) in [4.78, 5) is 0. The molecule has 1 aromatic carbocycles. The lowest BCUT2D eigenvalue weighted by Crippen LogP contribution is -1.75. The predicted molar refractivity (Wildman–Crippen MR) is 49.2 cm³/mol. The maximum absolute atomic E-state index is 5.76. The van der Waals surface area contributed by atoms with Crippen molar-refractivity contribution in [3.05, 3.63) is 33.8 Å². The van der Waals surface area contributed by atoms with Gasteiger partial charge in [0.2, 0.25) is 0 Å². The summed E-state index contributed by atoms with van der Waals surface area (Å²) in [6.45, 7) is 0. The van der Waals surface area contributed by atoms with Crippen LogP contribution in [-0.4, -0.2) is 0 Å². The van der Waals surface area contributed by atoms with Crippen LogP contribution in [0.2, 0.25) is 10.0 Å². The molecule has 0 radical (unpaired) electrons. The molecule has 56 valence electrons. The van der Waals surface area contributed by atoms with E-state index in [4.69, 9.17) is 34.8 Å². The smallest absolute Gasteiger partial charge is 0.0577 e. The second-order valence-corrected chi connectivity index (χ2v) is 2.88. The molecule has 0 amide bonds. The highest BCUT2D eigenvalue weighted by Crippen LogP contribution is 2.19. The average Bonchev–Trinajstić information content (AvgIpc) is 1.95. The van der Waals surface area contributed by atoms with Crippen molar-refractivity contribution in [1.82, 2.24) is 0 Å². The number of hydrogen-bond donors (Lipinski definition) is 0. The first-order valence-corrected chi connectivity index (χ1v) is 3.94. The molecule has 0 aliphatic carbocycles. The van der Waals surface area contributed by atoms with E-state index in [0.717, 1.165) is 0 Å². The van der Waals surface area contributed by atoms with Crippen LogP contribution >= 0.6 is 34.8 Å². The molecule has 0 saturated heterocycles. The molecule has 0 unspecified atom stereocenters. The highest BCUT2D eigenvalue weighted by Gasteiger charge is 1.96. The molecule has 0 aliphatic rings. The summed E-state index contributed by atoms with van der Waals surface area (Å²) in [7, 11) is 0. The first-order valence-electron chi connectivity index (χ1n) is 2.80. The van der Waals surface area contributed by atoms with E-state index >= 15 is 0 Å². The minimum absolute atomic E-state index is 0.519. The van der Waals surface area contributed by atoms with Crippen molar-refractivity contribution in [3.8, 4) is 11.3 Å². The molecule has 0 bridgehead atoms. The second kappa shape index (κ2) is 3.88. The maximum atomic E-state index is 5.76. The predicted octanol–water partition coefficient (Wildman–Crippen LogP) is 3.54. The van der Waals surface area contributed by atoms with Crippen LogP contribution in [0.25, 0.3) is 0 Å². The topological polar surface area (TPSA) is 0 Å². The fraction of sp³-hybridized carbons (Fsp3) is 0. The normalized spacial score (nSPS) is 8.64. The Balaban J connectivity index is 3.16. The summed E-state index contributed by atoms with van der Waals surface area (Å²) in [5.41, 5.74) is 0.686. The second-order valence-electron chi connectivity index (χ2n) is 1.84. The molecular formula is C8H3Cl3. The number of benzene rings is 1. The average molecular weight is 205 g/mol. The third-order valence-electron chi connectivity index (χ3n) is 1.11. The molecule has 0 saturated carbocycles. The third kappa shape index (κ3) is 2.31. The summed E-state index contributed by atoms with van der Waals surface area (Å²) in [5, 5.41) is 3.35. The Morgan fingerprint density at radius 3 is 2.45 bits per heavy atom. The minimum Gasteiger partial charge on any atom is -0.0843 e. The lowest BCUT2D eigenvalue weighted by Gasteiger charge is -1.94. The Morgan fingerprint density at radius 2 is 1.91 bits per heavy atom. The maximum Gasteiger partial charge on any atom is 0.0577 e. The highest BCUT2D eigenvalue weighted by atomic mass is 35.5. The van der Waals surface area contributed by atoms with Crippen molar-refractivity contribution < 1.29 is 0 Å². The SMILES string of the molecule is ClC#Cc1ccc(Cl)cc1Cl. The summed E-state index contributed by atoms with van der Waals surface area (Å²) in [6, 6.07) is 5.06. The lowest BCUT2D eigenvalue weighted by molar-refractivity contribution is 1.65. The fourth-order valence-corrected chi connectivity index (χ4v) is 1.20. The van der Waals surface area contributed by atoms with Gasteiger partial charge in [-0.05, 0) is 35.7 Å². The van der Waals surface area contributed by atoms with Crippen LogP contribution in [0.4, 0.5) is 0 Å². The van der Waals surface area contributed by atoms with E-state index in [1.165, 1.54) is 0 Å². The van der Waals surface area contributed by atoms with Gasteiger partial charge in [0.25, 0.3) is 0 Å². The number of rotatable bonds is 0. The largest absolute Gasteiger partial charge is 0.0843 e. The molecule has 1 aromatic rings. The monoisotopic (exact) mass is 204 g/mol. The van der Waals surface area contributed by atoms with Crippen molar-refractivity contribution in [3.63, 3.8) is 0 Å². The summed E-state index contributed by atoms with van der Waals surface area (Å²) in [5.74, 6) is 2.63. The van der Waals surface area contributed by atoms with Gasteiger partial charge in [0.05, 0.1) is 5.02 Å². The van der Waals surface area contributed by atoms with Crippen LogP contribution in [0.1, 0.15) is 5.56 Å². The zero-order valence-corrected chi connectivity index (χ0v) is 7.63. The van der Waals surface area contributed by atoms with Gasteiger partial charge in [-0.15, -0.1) is 0 Å². The fourth-order valence-electron chi connectivity index (χ4n) is 0.642. The van der Waals surface area contributed by atoms with Gasteiger partial charge >= 0.3 is 0 Å². The molecule has 3 heteroatoms. The van der Waals surface area contributed by atoms with E-state index in [2.05, 4.69) is 11.3 Å². The van der Waals surface area contributed by atoms with E-state index in [0.29, 0.717) is 15.6 Å². The van der Waals surface area contributed by atoms with Crippen LogP contribution in [0, 0.1) is 11.3 Å². The molecule has 0 N–H and O–H groups in total. The van der Waals surface area contributed by atoms with Gasteiger partial charge in [-0.3, -0.25) is 0 Å². The molecule has 0 aromatic heterocycles. The van der Waals surface area contributed by atoms with Gasteiger partial charge in [-0.25, -0.2) is 0 Å². The van der Waals surface area contributed by atoms with E-state index in [1.807, 2.05) is 0 Å². The van der Waals surface area contributed by atoms with Crippen molar-refractivity contribution in [2.24, 2.45) is 0 Å². The molecule has 0 aliphatic heterocycles. The number of hydrogen-bond acceptors (Lipinski definition) is 0. The first kappa shape index (κ1) is 8.74. The standard InChI is InChI=1S/C8H3Cl3/c9-4-3-6-1-2-7(10)5-8(6)11/h1-2,5H. The molecule has 0 nitrogen and oxygen atoms in total. The number of halogens is 3. The van der Waals surface area contributed by atoms with Crippen molar-refractivity contribution in [2.45, 2.75) is 0 Å². The molecule has 0 atom stereocenters. The van der Waals surface area contributed by atoms with Gasteiger partial charge in [0, 0.05) is 16.0 Å². The van der Waals surface area contributed by atoms with Crippen molar-refractivity contribution >= 4 is 34.8 Å². The van der Waals surface area contributed by atoms with Gasteiger partial charge in [-0.2, -0.15) is 0 Å². The molecule has 1 rings (SSSR count). The zero-order valence-electron chi connectivity index (χ0n) is 5.37. The van der Waals surface area contributed by atoms with E-state index in [1.54, 1.807) is 18.2 Å². The Bertz CT molecular complexity index is 320. The van der Waals surface area contributed by atoms with Gasteiger partial charge < -0.3 is 0 Å². The zero-order chi connectivity index (χ0) is 8.27. The molecular weight excluding hydrogens is 202 g/mol. The Morgan fingerprint density at radius 1 is 1.18 bits per heavy atom. The molecule has 0 fully saturated rings. The third-order valence-corrected chi connectivity index (χ3v) is 1.76.